The van der Waals surface area contributed by atoms with Gasteiger partial charge in [0.25, 0.3) is 0 Å². The summed E-state index contributed by atoms with van der Waals surface area (Å²) in [5.74, 6) is 1.00. The summed E-state index contributed by atoms with van der Waals surface area (Å²) in [6, 6.07) is 3.49. The summed E-state index contributed by atoms with van der Waals surface area (Å²) >= 11 is 0. The lowest BCUT2D eigenvalue weighted by Gasteiger charge is -2.36. The summed E-state index contributed by atoms with van der Waals surface area (Å²) < 4.78 is 22.1. The molecule has 36 heavy (non-hydrogen) atoms. The number of benzene rings is 1. The highest BCUT2D eigenvalue weighted by Crippen LogP contribution is 2.36. The van der Waals surface area contributed by atoms with Crippen molar-refractivity contribution in [1.29, 1.82) is 0 Å². The van der Waals surface area contributed by atoms with Gasteiger partial charge in [-0.15, -0.1) is 0 Å². The minimum absolute atomic E-state index is 0.313. The number of carbonyl (C=O) groups is 1. The maximum absolute atomic E-state index is 11.9. The molecule has 6 heteroatoms. The van der Waals surface area contributed by atoms with Gasteiger partial charge in [0.2, 0.25) is 0 Å². The number of hydrogen-bond acceptors (Lipinski definition) is 5. The monoisotopic (exact) mass is 522 g/mol. The van der Waals surface area contributed by atoms with Gasteiger partial charge in [-0.2, -0.15) is 0 Å². The Balaban J connectivity index is 2.10. The lowest BCUT2D eigenvalue weighted by atomic mass is 10.0. The Hall–Kier alpha value is -1.53. The predicted octanol–water partition coefficient (Wildman–Crippen LogP) is 8.74. The molecular weight excluding hydrogens is 468 g/mol. The van der Waals surface area contributed by atoms with Crippen LogP contribution in [0, 0.1) is 0 Å². The van der Waals surface area contributed by atoms with E-state index in [1.54, 1.807) is 26.4 Å². The lowest BCUT2D eigenvalue weighted by molar-refractivity contribution is 0.0600. The number of esters is 1. The molecule has 0 fully saturated rings. The Morgan fingerprint density at radius 2 is 1.14 bits per heavy atom. The average Bonchev–Trinajstić information content (AvgIpc) is 2.84. The molecule has 208 valence electrons. The van der Waals surface area contributed by atoms with E-state index in [4.69, 9.17) is 18.6 Å². The minimum atomic E-state index is -1.57. The molecule has 1 aromatic rings. The van der Waals surface area contributed by atoms with Crippen molar-refractivity contribution in [2.45, 2.75) is 122 Å². The fraction of sp³-hybridized carbons (Fsp3) is 0.767. The highest BCUT2D eigenvalue weighted by Gasteiger charge is 2.36. The molecule has 5 nitrogen and oxygen atoms in total. The van der Waals surface area contributed by atoms with E-state index in [-0.39, 0.29) is 5.97 Å². The summed E-state index contributed by atoms with van der Waals surface area (Å²) in [4.78, 5) is 11.9. The average molecular weight is 523 g/mol. The first-order valence-corrected chi connectivity index (χ1v) is 17.0. The highest BCUT2D eigenvalue weighted by molar-refractivity contribution is 6.74. The van der Waals surface area contributed by atoms with E-state index in [0.29, 0.717) is 22.1 Å². The van der Waals surface area contributed by atoms with Gasteiger partial charge in [0.05, 0.1) is 26.9 Å². The second-order valence-electron chi connectivity index (χ2n) is 11.5. The van der Waals surface area contributed by atoms with Crippen molar-refractivity contribution in [2.75, 3.05) is 27.9 Å². The van der Waals surface area contributed by atoms with E-state index in [2.05, 4.69) is 33.9 Å². The predicted molar refractivity (Wildman–Crippen MR) is 153 cm³/mol. The summed E-state index contributed by atoms with van der Waals surface area (Å²) in [6.07, 6.45) is 16.4. The van der Waals surface area contributed by atoms with Gasteiger partial charge in [0, 0.05) is 12.2 Å². The van der Waals surface area contributed by atoms with E-state index in [1.165, 1.54) is 77.7 Å². The molecule has 0 unspecified atom stereocenters. The lowest BCUT2D eigenvalue weighted by Crippen LogP contribution is -2.40. The molecule has 0 bridgehead atoms. The Kier molecular flexibility index (Phi) is 15.4. The van der Waals surface area contributed by atoms with Gasteiger partial charge >= 0.3 is 5.97 Å². The number of carbonyl (C=O) groups excluding carboxylic acids is 1. The van der Waals surface area contributed by atoms with Gasteiger partial charge in [-0.3, -0.25) is 0 Å². The van der Waals surface area contributed by atoms with Gasteiger partial charge in [0.15, 0.2) is 8.32 Å². The number of methoxy groups -OCH3 is 3. The van der Waals surface area contributed by atoms with Gasteiger partial charge < -0.3 is 18.6 Å². The van der Waals surface area contributed by atoms with E-state index < -0.39 is 8.32 Å². The topological polar surface area (TPSA) is 54.0 Å². The van der Waals surface area contributed by atoms with Crippen LogP contribution in [-0.4, -0.2) is 42.2 Å². The SMILES string of the molecule is COC(=O)c1cc(OC)c(CCCCCCCCCCCCCCO[Si](C)(C)C(C)(C)C)c(OC)c1. The van der Waals surface area contributed by atoms with Crippen molar-refractivity contribution < 1.29 is 23.4 Å². The normalized spacial score (nSPS) is 12.0. The third-order valence-corrected chi connectivity index (χ3v) is 12.2. The summed E-state index contributed by atoms with van der Waals surface area (Å²) in [5.41, 5.74) is 1.48. The third kappa shape index (κ3) is 11.7. The molecular formula is C30H54O5Si. The minimum Gasteiger partial charge on any atom is -0.496 e. The van der Waals surface area contributed by atoms with E-state index in [1.807, 2.05) is 0 Å². The first-order valence-electron chi connectivity index (χ1n) is 14.0. The van der Waals surface area contributed by atoms with Crippen molar-refractivity contribution >= 4 is 14.3 Å². The molecule has 0 aliphatic carbocycles. The molecule has 0 saturated carbocycles. The molecule has 0 aliphatic heterocycles. The molecule has 0 amide bonds. The number of rotatable bonds is 19. The van der Waals surface area contributed by atoms with Gasteiger partial charge in [-0.25, -0.2) is 4.79 Å². The van der Waals surface area contributed by atoms with Crippen molar-refractivity contribution in [3.63, 3.8) is 0 Å². The smallest absolute Gasteiger partial charge is 0.338 e. The first kappa shape index (κ1) is 32.5. The van der Waals surface area contributed by atoms with Crippen LogP contribution in [0.25, 0.3) is 0 Å². The Morgan fingerprint density at radius 1 is 0.722 bits per heavy atom. The van der Waals surface area contributed by atoms with Gasteiger partial charge in [-0.1, -0.05) is 85.0 Å². The quantitative estimate of drug-likeness (QED) is 0.103. The Bertz CT molecular complexity index is 729. The van der Waals surface area contributed by atoms with Crippen molar-refractivity contribution in [1.82, 2.24) is 0 Å². The maximum Gasteiger partial charge on any atom is 0.338 e. The zero-order valence-corrected chi connectivity index (χ0v) is 25.6. The maximum atomic E-state index is 11.9. The zero-order valence-electron chi connectivity index (χ0n) is 24.6. The van der Waals surface area contributed by atoms with Gasteiger partial charge in [0.1, 0.15) is 11.5 Å². The molecule has 0 spiro atoms. The molecule has 0 atom stereocenters. The molecule has 0 saturated heterocycles. The Morgan fingerprint density at radius 3 is 1.53 bits per heavy atom. The second-order valence-corrected chi connectivity index (χ2v) is 16.3. The van der Waals surface area contributed by atoms with Crippen LogP contribution in [0.5, 0.6) is 11.5 Å². The second kappa shape index (κ2) is 17.1. The van der Waals surface area contributed by atoms with Crippen LogP contribution in [0.3, 0.4) is 0 Å². The summed E-state index contributed by atoms with van der Waals surface area (Å²) in [5, 5.41) is 0.313. The van der Waals surface area contributed by atoms with Crippen LogP contribution < -0.4 is 9.47 Å². The van der Waals surface area contributed by atoms with Crippen molar-refractivity contribution in [3.8, 4) is 11.5 Å². The van der Waals surface area contributed by atoms with Crippen LogP contribution in [0.2, 0.25) is 18.1 Å². The summed E-state index contributed by atoms with van der Waals surface area (Å²) in [7, 11) is 3.07. The molecule has 0 radical (unpaired) electrons. The molecule has 1 aromatic carbocycles. The first-order chi connectivity index (χ1) is 17.1. The molecule has 1 rings (SSSR count). The number of unbranched alkanes of at least 4 members (excludes halogenated alkanes) is 11. The number of hydrogen-bond donors (Lipinski definition) is 0. The van der Waals surface area contributed by atoms with Crippen LogP contribution in [-0.2, 0) is 15.6 Å². The van der Waals surface area contributed by atoms with Crippen molar-refractivity contribution in [2.24, 2.45) is 0 Å². The molecule has 0 aromatic heterocycles. The number of ether oxygens (including phenoxy) is 3. The Labute approximate surface area is 222 Å². The van der Waals surface area contributed by atoms with Crippen LogP contribution in [0.4, 0.5) is 0 Å². The van der Waals surface area contributed by atoms with Crippen LogP contribution in [0.15, 0.2) is 12.1 Å². The van der Waals surface area contributed by atoms with E-state index >= 15 is 0 Å². The molecule has 0 aliphatic rings. The van der Waals surface area contributed by atoms with Crippen LogP contribution >= 0.6 is 0 Å². The van der Waals surface area contributed by atoms with Gasteiger partial charge in [-0.05, 0) is 49.5 Å². The van der Waals surface area contributed by atoms with Crippen molar-refractivity contribution in [3.05, 3.63) is 23.3 Å². The zero-order chi connectivity index (χ0) is 27.0. The molecule has 0 N–H and O–H groups in total. The van der Waals surface area contributed by atoms with E-state index in [0.717, 1.165) is 25.0 Å². The van der Waals surface area contributed by atoms with Crippen LogP contribution in [0.1, 0.15) is 114 Å². The third-order valence-electron chi connectivity index (χ3n) is 7.62. The highest BCUT2D eigenvalue weighted by atomic mass is 28.4. The fourth-order valence-electron chi connectivity index (χ4n) is 4.18. The molecule has 0 heterocycles. The summed E-state index contributed by atoms with van der Waals surface area (Å²) in [6.45, 7) is 12.5. The largest absolute Gasteiger partial charge is 0.496 e. The standard InChI is InChI=1S/C30H54O5Si/c1-30(2,3)36(7,8)35-22-20-18-16-14-12-10-9-11-13-15-17-19-21-26-27(32-4)23-25(29(31)34-6)24-28(26)33-5/h23-24H,9-22H2,1-8H3. The van der Waals surface area contributed by atoms with E-state index in [9.17, 15) is 4.79 Å². The fourth-order valence-corrected chi connectivity index (χ4v) is 5.27.